The molecule has 1 amide bonds. The summed E-state index contributed by atoms with van der Waals surface area (Å²) in [6.45, 7) is 3.03. The van der Waals surface area contributed by atoms with E-state index in [4.69, 9.17) is 0 Å². The fourth-order valence-corrected chi connectivity index (χ4v) is 2.82. The third-order valence-corrected chi connectivity index (χ3v) is 4.13. The van der Waals surface area contributed by atoms with Crippen LogP contribution >= 0.6 is 24.0 Å². The van der Waals surface area contributed by atoms with E-state index in [-0.39, 0.29) is 35.9 Å². The van der Waals surface area contributed by atoms with Gasteiger partial charge >= 0.3 is 6.18 Å². The first-order valence-corrected chi connectivity index (χ1v) is 8.99. The van der Waals surface area contributed by atoms with Gasteiger partial charge in [0.15, 0.2) is 5.96 Å². The highest BCUT2D eigenvalue weighted by Gasteiger charge is 2.34. The summed E-state index contributed by atoms with van der Waals surface area (Å²) in [7, 11) is 0. The van der Waals surface area contributed by atoms with Gasteiger partial charge in [-0.25, -0.2) is 0 Å². The van der Waals surface area contributed by atoms with E-state index < -0.39 is 12.7 Å². The van der Waals surface area contributed by atoms with Crippen LogP contribution in [0, 0.1) is 0 Å². The van der Waals surface area contributed by atoms with Crippen LogP contribution in [0.4, 0.5) is 13.2 Å². The Morgan fingerprint density at radius 3 is 2.54 bits per heavy atom. The molecule has 2 rings (SSSR count). The van der Waals surface area contributed by atoms with Gasteiger partial charge in [-0.15, -0.1) is 24.0 Å². The van der Waals surface area contributed by atoms with Crippen LogP contribution in [0.15, 0.2) is 4.99 Å². The van der Waals surface area contributed by atoms with E-state index in [1.165, 1.54) is 4.90 Å². The van der Waals surface area contributed by atoms with Crippen molar-refractivity contribution in [2.24, 2.45) is 4.99 Å². The monoisotopic (exact) mass is 491 g/mol. The van der Waals surface area contributed by atoms with Crippen LogP contribution < -0.4 is 16.0 Å². The maximum absolute atomic E-state index is 12.4. The van der Waals surface area contributed by atoms with Gasteiger partial charge in [-0.1, -0.05) is 0 Å². The summed E-state index contributed by atoms with van der Waals surface area (Å²) in [5.74, 6) is 0.665. The molecule has 0 radical (unpaired) electrons. The van der Waals surface area contributed by atoms with E-state index in [0.29, 0.717) is 57.4 Å². The maximum Gasteiger partial charge on any atom is 0.401 e. The van der Waals surface area contributed by atoms with E-state index in [1.807, 2.05) is 6.92 Å². The fraction of sp³-hybridized carbons (Fsp3) is 0.875. The molecule has 3 N–H and O–H groups in total. The lowest BCUT2D eigenvalue weighted by molar-refractivity contribution is -0.143. The second-order valence-corrected chi connectivity index (χ2v) is 6.69. The van der Waals surface area contributed by atoms with Gasteiger partial charge in [0.1, 0.15) is 0 Å². The summed E-state index contributed by atoms with van der Waals surface area (Å²) in [6.07, 6.45) is -0.253. The molecule has 6 nitrogen and oxygen atoms in total. The van der Waals surface area contributed by atoms with Crippen LogP contribution in [-0.4, -0.2) is 67.8 Å². The van der Waals surface area contributed by atoms with E-state index in [9.17, 15) is 18.0 Å². The first-order valence-electron chi connectivity index (χ1n) is 8.99. The van der Waals surface area contributed by atoms with E-state index in [2.05, 4.69) is 20.9 Å². The molecule has 2 aliphatic rings. The van der Waals surface area contributed by atoms with Gasteiger partial charge in [-0.2, -0.15) is 13.2 Å². The number of halogens is 4. The average Bonchev–Trinajstić information content (AvgIpc) is 3.21. The Balaban J connectivity index is 0.00000338. The Labute approximate surface area is 169 Å². The summed E-state index contributed by atoms with van der Waals surface area (Å²) in [6, 6.07) is 0.329. The third-order valence-electron chi connectivity index (χ3n) is 4.13. The first kappa shape index (κ1) is 23.3. The number of alkyl halides is 3. The molecule has 0 spiro atoms. The van der Waals surface area contributed by atoms with Gasteiger partial charge in [0.05, 0.1) is 6.54 Å². The normalized spacial score (nSPS) is 21.2. The molecule has 1 aliphatic heterocycles. The molecule has 26 heavy (non-hydrogen) atoms. The summed E-state index contributed by atoms with van der Waals surface area (Å²) in [4.78, 5) is 17.4. The Hall–Kier alpha value is -0.780. The quantitative estimate of drug-likeness (QED) is 0.210. The van der Waals surface area contributed by atoms with Crippen molar-refractivity contribution in [1.29, 1.82) is 0 Å². The van der Waals surface area contributed by atoms with Crippen molar-refractivity contribution in [3.05, 3.63) is 0 Å². The zero-order chi connectivity index (χ0) is 18.3. The minimum Gasteiger partial charge on any atom is -0.357 e. The number of nitrogens with zero attached hydrogens (tertiary/aromatic N) is 2. The summed E-state index contributed by atoms with van der Waals surface area (Å²) >= 11 is 0. The molecular weight excluding hydrogens is 462 g/mol. The number of nitrogens with one attached hydrogen (secondary N) is 3. The molecule has 2 fully saturated rings. The van der Waals surface area contributed by atoms with Gasteiger partial charge in [0.2, 0.25) is 5.91 Å². The fourth-order valence-electron chi connectivity index (χ4n) is 2.82. The molecule has 1 aliphatic carbocycles. The molecule has 1 unspecified atom stereocenters. The molecule has 1 atom stereocenters. The summed E-state index contributed by atoms with van der Waals surface area (Å²) in [5, 5.41) is 9.23. The van der Waals surface area contributed by atoms with Crippen molar-refractivity contribution in [3.8, 4) is 0 Å². The zero-order valence-corrected chi connectivity index (χ0v) is 17.4. The highest BCUT2D eigenvalue weighted by molar-refractivity contribution is 14.0. The number of guanidine groups is 1. The minimum absolute atomic E-state index is 0. The molecule has 1 saturated carbocycles. The molecule has 0 aromatic rings. The van der Waals surface area contributed by atoms with Crippen LogP contribution in [-0.2, 0) is 4.79 Å². The number of amides is 1. The third kappa shape index (κ3) is 9.79. The van der Waals surface area contributed by atoms with Crippen molar-refractivity contribution in [2.75, 3.05) is 32.7 Å². The van der Waals surface area contributed by atoms with Crippen molar-refractivity contribution in [2.45, 2.75) is 57.3 Å². The highest BCUT2D eigenvalue weighted by atomic mass is 127. The van der Waals surface area contributed by atoms with Gasteiger partial charge in [0, 0.05) is 44.7 Å². The van der Waals surface area contributed by atoms with Crippen molar-refractivity contribution in [3.63, 3.8) is 0 Å². The van der Waals surface area contributed by atoms with E-state index in [0.717, 1.165) is 12.8 Å². The lowest BCUT2D eigenvalue weighted by Gasteiger charge is -2.19. The van der Waals surface area contributed by atoms with Crippen molar-refractivity contribution < 1.29 is 18.0 Å². The van der Waals surface area contributed by atoms with Crippen LogP contribution in [0.5, 0.6) is 0 Å². The second-order valence-electron chi connectivity index (χ2n) is 6.69. The van der Waals surface area contributed by atoms with Crippen molar-refractivity contribution in [1.82, 2.24) is 20.9 Å². The topological polar surface area (TPSA) is 68.8 Å². The maximum atomic E-state index is 12.4. The highest BCUT2D eigenvalue weighted by Crippen LogP contribution is 2.20. The number of carbonyl (C=O) groups excluding carboxylic acids is 1. The molecule has 0 aromatic carbocycles. The lowest BCUT2D eigenvalue weighted by Crippen LogP contribution is -2.45. The second kappa shape index (κ2) is 11.2. The van der Waals surface area contributed by atoms with Crippen LogP contribution in [0.1, 0.15) is 39.0 Å². The number of carbonyl (C=O) groups is 1. The Bertz CT molecular complexity index is 471. The van der Waals surface area contributed by atoms with Crippen LogP contribution in [0.2, 0.25) is 0 Å². The molecule has 1 saturated heterocycles. The van der Waals surface area contributed by atoms with Crippen molar-refractivity contribution >= 4 is 35.8 Å². The Morgan fingerprint density at radius 2 is 1.92 bits per heavy atom. The number of aliphatic imine (C=N–C) groups is 1. The molecular formula is C16H29F3IN5O. The predicted octanol–water partition coefficient (Wildman–Crippen LogP) is 1.85. The number of rotatable bonds is 8. The van der Waals surface area contributed by atoms with Gasteiger partial charge < -0.3 is 16.0 Å². The van der Waals surface area contributed by atoms with Gasteiger partial charge in [0.25, 0.3) is 0 Å². The molecule has 152 valence electrons. The molecule has 0 aromatic heterocycles. The smallest absolute Gasteiger partial charge is 0.357 e. The number of hydrogen-bond acceptors (Lipinski definition) is 3. The first-order chi connectivity index (χ1) is 11.9. The summed E-state index contributed by atoms with van der Waals surface area (Å²) in [5.41, 5.74) is 0. The average molecular weight is 491 g/mol. The predicted molar refractivity (Wildman–Crippen MR) is 106 cm³/mol. The van der Waals surface area contributed by atoms with E-state index >= 15 is 0 Å². The Morgan fingerprint density at radius 1 is 1.19 bits per heavy atom. The molecule has 1 heterocycles. The Kier molecular flexibility index (Phi) is 9.98. The van der Waals surface area contributed by atoms with Crippen LogP contribution in [0.25, 0.3) is 0 Å². The van der Waals surface area contributed by atoms with Crippen LogP contribution in [0.3, 0.4) is 0 Å². The van der Waals surface area contributed by atoms with Gasteiger partial charge in [-0.05, 0) is 32.6 Å². The standard InChI is InChI=1S/C16H28F3N5O.HI/c1-2-20-15(21-8-3-4-14(25)22-12-5-6-12)23-13-7-9-24(10-13)11-16(17,18)19;/h12-13H,2-11H2,1H3,(H,22,25)(H2,20,21,23);1H. The SMILES string of the molecule is CCNC(=NCCCC(=O)NC1CC1)NC1CCN(CC(F)(F)F)C1.I. The van der Waals surface area contributed by atoms with Gasteiger partial charge in [-0.3, -0.25) is 14.7 Å². The number of hydrogen-bond donors (Lipinski definition) is 3. The number of likely N-dealkylation sites (tertiary alicyclic amines) is 1. The molecule has 0 bridgehead atoms. The zero-order valence-electron chi connectivity index (χ0n) is 15.1. The minimum atomic E-state index is -4.16. The summed E-state index contributed by atoms with van der Waals surface area (Å²) < 4.78 is 37.3. The van der Waals surface area contributed by atoms with E-state index in [1.54, 1.807) is 0 Å². The lowest BCUT2D eigenvalue weighted by atomic mass is 10.2. The molecule has 10 heteroatoms. The largest absolute Gasteiger partial charge is 0.401 e.